The third-order valence-electron chi connectivity index (χ3n) is 3.01. The Bertz CT molecular complexity index is 418. The van der Waals surface area contributed by atoms with Gasteiger partial charge in [-0.15, -0.1) is 0 Å². The lowest BCUT2D eigenvalue weighted by Crippen LogP contribution is -2.31. The lowest BCUT2D eigenvalue weighted by Gasteiger charge is -2.17. The van der Waals surface area contributed by atoms with Gasteiger partial charge in [-0.05, 0) is 30.9 Å². The van der Waals surface area contributed by atoms with Crippen LogP contribution in [0.2, 0.25) is 0 Å². The largest absolute Gasteiger partial charge is 0.397 e. The maximum absolute atomic E-state index is 12.0. The summed E-state index contributed by atoms with van der Waals surface area (Å²) in [7, 11) is 1.73. The van der Waals surface area contributed by atoms with Gasteiger partial charge in [0.05, 0.1) is 12.3 Å². The van der Waals surface area contributed by atoms with Crippen LogP contribution in [-0.2, 0) is 4.74 Å². The summed E-state index contributed by atoms with van der Waals surface area (Å²) >= 11 is 0. The van der Waals surface area contributed by atoms with Crippen molar-refractivity contribution < 1.29 is 9.53 Å². The molecule has 0 unspecified atom stereocenters. The molecule has 1 heterocycles. The monoisotopic (exact) mass is 249 g/mol. The Balaban J connectivity index is 1.78. The van der Waals surface area contributed by atoms with Crippen molar-refractivity contribution in [3.8, 4) is 0 Å². The maximum atomic E-state index is 12.0. The molecule has 2 rings (SSSR count). The molecule has 0 spiro atoms. The molecule has 1 fully saturated rings. The molecule has 1 aromatic heterocycles. The van der Waals surface area contributed by atoms with Gasteiger partial charge in [0.1, 0.15) is 0 Å². The van der Waals surface area contributed by atoms with E-state index in [1.807, 2.05) is 0 Å². The molecule has 1 amide bonds. The molecule has 0 aromatic carbocycles. The van der Waals surface area contributed by atoms with E-state index in [2.05, 4.69) is 4.98 Å². The predicted octanol–water partition coefficient (Wildman–Crippen LogP) is 1.16. The summed E-state index contributed by atoms with van der Waals surface area (Å²) in [6.45, 7) is 1.93. The first-order valence-electron chi connectivity index (χ1n) is 6.22. The highest BCUT2D eigenvalue weighted by atomic mass is 16.5. The molecule has 5 nitrogen and oxygen atoms in total. The molecular formula is C13H19N3O2. The fourth-order valence-electron chi connectivity index (χ4n) is 1.61. The molecule has 0 aliphatic heterocycles. The SMILES string of the molecule is CN(CCOCC1CC1)C(=O)c1ncccc1N. The van der Waals surface area contributed by atoms with Crippen molar-refractivity contribution in [3.05, 3.63) is 24.0 Å². The summed E-state index contributed by atoms with van der Waals surface area (Å²) in [6.07, 6.45) is 4.12. The third-order valence-corrected chi connectivity index (χ3v) is 3.01. The van der Waals surface area contributed by atoms with Crippen molar-refractivity contribution in [2.45, 2.75) is 12.8 Å². The van der Waals surface area contributed by atoms with Crippen molar-refractivity contribution in [2.75, 3.05) is 32.5 Å². The van der Waals surface area contributed by atoms with Gasteiger partial charge in [-0.2, -0.15) is 0 Å². The van der Waals surface area contributed by atoms with Crippen LogP contribution in [0.15, 0.2) is 18.3 Å². The molecule has 1 aromatic rings. The molecule has 0 radical (unpaired) electrons. The van der Waals surface area contributed by atoms with E-state index < -0.39 is 0 Å². The molecule has 0 atom stereocenters. The van der Waals surface area contributed by atoms with Crippen molar-refractivity contribution in [1.29, 1.82) is 0 Å². The second-order valence-corrected chi connectivity index (χ2v) is 4.69. The number of likely N-dealkylation sites (N-methyl/N-ethyl adjacent to an activating group) is 1. The lowest BCUT2D eigenvalue weighted by atomic mass is 10.2. The number of nitrogens with two attached hydrogens (primary N) is 1. The van der Waals surface area contributed by atoms with Crippen molar-refractivity contribution in [3.63, 3.8) is 0 Å². The number of carbonyl (C=O) groups excluding carboxylic acids is 1. The van der Waals surface area contributed by atoms with E-state index >= 15 is 0 Å². The summed E-state index contributed by atoms with van der Waals surface area (Å²) < 4.78 is 5.50. The number of rotatable bonds is 6. The first-order valence-corrected chi connectivity index (χ1v) is 6.22. The van der Waals surface area contributed by atoms with Gasteiger partial charge in [0.25, 0.3) is 5.91 Å². The Morgan fingerprint density at radius 2 is 2.39 bits per heavy atom. The van der Waals surface area contributed by atoms with E-state index in [0.29, 0.717) is 24.5 Å². The average Bonchev–Trinajstić information content (AvgIpc) is 3.18. The number of hydrogen-bond acceptors (Lipinski definition) is 4. The smallest absolute Gasteiger partial charge is 0.274 e. The number of ether oxygens (including phenoxy) is 1. The molecule has 0 bridgehead atoms. The Labute approximate surface area is 107 Å². The average molecular weight is 249 g/mol. The zero-order valence-electron chi connectivity index (χ0n) is 10.6. The zero-order valence-corrected chi connectivity index (χ0v) is 10.6. The Hall–Kier alpha value is -1.62. The number of hydrogen-bond donors (Lipinski definition) is 1. The van der Waals surface area contributed by atoms with Gasteiger partial charge in [0.2, 0.25) is 0 Å². The lowest BCUT2D eigenvalue weighted by molar-refractivity contribution is 0.0677. The van der Waals surface area contributed by atoms with Gasteiger partial charge < -0.3 is 15.4 Å². The van der Waals surface area contributed by atoms with Gasteiger partial charge in [0.15, 0.2) is 5.69 Å². The molecule has 1 aliphatic carbocycles. The highest BCUT2D eigenvalue weighted by molar-refractivity contribution is 5.96. The molecular weight excluding hydrogens is 230 g/mol. The van der Waals surface area contributed by atoms with Crippen LogP contribution in [0.4, 0.5) is 5.69 Å². The van der Waals surface area contributed by atoms with E-state index in [4.69, 9.17) is 10.5 Å². The fourth-order valence-corrected chi connectivity index (χ4v) is 1.61. The predicted molar refractivity (Wildman–Crippen MR) is 69.2 cm³/mol. The van der Waals surface area contributed by atoms with E-state index in [9.17, 15) is 4.79 Å². The normalized spacial score (nSPS) is 14.5. The molecule has 98 valence electrons. The van der Waals surface area contributed by atoms with Crippen molar-refractivity contribution in [2.24, 2.45) is 5.92 Å². The number of aromatic nitrogens is 1. The van der Waals surface area contributed by atoms with Gasteiger partial charge >= 0.3 is 0 Å². The molecule has 1 aliphatic rings. The van der Waals surface area contributed by atoms with Gasteiger partial charge in [0, 0.05) is 26.4 Å². The molecule has 18 heavy (non-hydrogen) atoms. The Morgan fingerprint density at radius 1 is 1.61 bits per heavy atom. The molecule has 1 saturated carbocycles. The number of anilines is 1. The van der Waals surface area contributed by atoms with Crippen LogP contribution in [0.5, 0.6) is 0 Å². The maximum Gasteiger partial charge on any atom is 0.274 e. The van der Waals surface area contributed by atoms with Crippen molar-refractivity contribution in [1.82, 2.24) is 9.88 Å². The molecule has 0 saturated heterocycles. The van der Waals surface area contributed by atoms with Crippen LogP contribution < -0.4 is 5.73 Å². The second-order valence-electron chi connectivity index (χ2n) is 4.69. The van der Waals surface area contributed by atoms with Crippen LogP contribution in [0.3, 0.4) is 0 Å². The minimum atomic E-state index is -0.164. The number of amides is 1. The summed E-state index contributed by atoms with van der Waals surface area (Å²) in [4.78, 5) is 17.6. The number of nitrogens with zero attached hydrogens (tertiary/aromatic N) is 2. The van der Waals surface area contributed by atoms with Crippen LogP contribution in [0, 0.1) is 5.92 Å². The minimum absolute atomic E-state index is 0.164. The van der Waals surface area contributed by atoms with Gasteiger partial charge in [-0.3, -0.25) is 4.79 Å². The first-order chi connectivity index (χ1) is 8.68. The quantitative estimate of drug-likeness (QED) is 0.768. The Morgan fingerprint density at radius 3 is 3.06 bits per heavy atom. The summed E-state index contributed by atoms with van der Waals surface area (Å²) in [5.41, 5.74) is 6.44. The van der Waals surface area contributed by atoms with Crippen LogP contribution >= 0.6 is 0 Å². The third kappa shape index (κ3) is 3.43. The fraction of sp³-hybridized carbons (Fsp3) is 0.538. The summed E-state index contributed by atoms with van der Waals surface area (Å²) in [5.74, 6) is 0.584. The molecule has 2 N–H and O–H groups in total. The first kappa shape index (κ1) is 12.8. The zero-order chi connectivity index (χ0) is 13.0. The van der Waals surface area contributed by atoms with E-state index in [1.54, 1.807) is 30.3 Å². The summed E-state index contributed by atoms with van der Waals surface area (Å²) in [6, 6.07) is 3.39. The highest BCUT2D eigenvalue weighted by Gasteiger charge is 2.21. The Kier molecular flexibility index (Phi) is 4.15. The number of nitrogen functional groups attached to an aromatic ring is 1. The highest BCUT2D eigenvalue weighted by Crippen LogP contribution is 2.28. The number of carbonyl (C=O) groups is 1. The van der Waals surface area contributed by atoms with E-state index in [0.717, 1.165) is 12.5 Å². The van der Waals surface area contributed by atoms with Gasteiger partial charge in [-0.25, -0.2) is 4.98 Å². The van der Waals surface area contributed by atoms with E-state index in [-0.39, 0.29) is 5.91 Å². The van der Waals surface area contributed by atoms with Crippen LogP contribution in [0.25, 0.3) is 0 Å². The molecule has 5 heteroatoms. The van der Waals surface area contributed by atoms with Crippen LogP contribution in [0.1, 0.15) is 23.3 Å². The van der Waals surface area contributed by atoms with Crippen LogP contribution in [-0.4, -0.2) is 42.6 Å². The summed E-state index contributed by atoms with van der Waals surface area (Å²) in [5, 5.41) is 0. The second kappa shape index (κ2) is 5.82. The minimum Gasteiger partial charge on any atom is -0.397 e. The van der Waals surface area contributed by atoms with Gasteiger partial charge in [-0.1, -0.05) is 0 Å². The number of pyridine rings is 1. The van der Waals surface area contributed by atoms with E-state index in [1.165, 1.54) is 12.8 Å². The topological polar surface area (TPSA) is 68.5 Å². The standard InChI is InChI=1S/C13H19N3O2/c1-16(7-8-18-9-10-4-5-10)13(17)12-11(14)3-2-6-15-12/h2-3,6,10H,4-5,7-9,14H2,1H3. The van der Waals surface area contributed by atoms with Crippen molar-refractivity contribution >= 4 is 11.6 Å².